The summed E-state index contributed by atoms with van der Waals surface area (Å²) in [5, 5.41) is 5.33. The molecule has 2 amide bonds. The van der Waals surface area contributed by atoms with Gasteiger partial charge in [-0.15, -0.1) is 0 Å². The highest BCUT2D eigenvalue weighted by Crippen LogP contribution is 2.21. The van der Waals surface area contributed by atoms with Crippen LogP contribution >= 0.6 is 0 Å². The predicted molar refractivity (Wildman–Crippen MR) is 99.0 cm³/mol. The first-order chi connectivity index (χ1) is 11.6. The Hall–Kier alpha value is -2.24. The van der Waals surface area contributed by atoms with Crippen LogP contribution in [-0.4, -0.2) is 30.3 Å². The van der Waals surface area contributed by atoms with E-state index in [1.165, 1.54) is 0 Å². The zero-order valence-corrected chi connectivity index (χ0v) is 16.1. The molecule has 1 atom stereocenters. The molecule has 1 aromatic rings. The zero-order chi connectivity index (χ0) is 19.0. The van der Waals surface area contributed by atoms with Gasteiger partial charge in [-0.1, -0.05) is 13.3 Å². The SMILES string of the molecule is CCCCOc1ccc(NC(=O)[C@@H](C)NC(=O)OC(C)(C)C)c(C)c1. The van der Waals surface area contributed by atoms with E-state index in [9.17, 15) is 9.59 Å². The van der Waals surface area contributed by atoms with E-state index in [4.69, 9.17) is 9.47 Å². The van der Waals surface area contributed by atoms with Crippen LogP contribution < -0.4 is 15.4 Å². The zero-order valence-electron chi connectivity index (χ0n) is 16.1. The molecule has 0 aliphatic rings. The number of rotatable bonds is 7. The van der Waals surface area contributed by atoms with Crippen molar-refractivity contribution in [2.24, 2.45) is 0 Å². The van der Waals surface area contributed by atoms with Gasteiger partial charge in [0.25, 0.3) is 0 Å². The maximum atomic E-state index is 12.2. The predicted octanol–water partition coefficient (Wildman–Crippen LogP) is 4.03. The smallest absolute Gasteiger partial charge is 0.408 e. The minimum atomic E-state index is -0.713. The summed E-state index contributed by atoms with van der Waals surface area (Å²) in [6, 6.07) is 4.80. The van der Waals surface area contributed by atoms with Gasteiger partial charge in [0.1, 0.15) is 17.4 Å². The van der Waals surface area contributed by atoms with Gasteiger partial charge in [-0.25, -0.2) is 4.79 Å². The van der Waals surface area contributed by atoms with Crippen LogP contribution in [0.3, 0.4) is 0 Å². The van der Waals surface area contributed by atoms with Crippen LogP contribution in [0.25, 0.3) is 0 Å². The molecule has 25 heavy (non-hydrogen) atoms. The molecule has 0 heterocycles. The lowest BCUT2D eigenvalue weighted by molar-refractivity contribution is -0.117. The van der Waals surface area contributed by atoms with Crippen molar-refractivity contribution in [1.29, 1.82) is 0 Å². The Balaban J connectivity index is 2.59. The van der Waals surface area contributed by atoms with Crippen molar-refractivity contribution in [3.63, 3.8) is 0 Å². The van der Waals surface area contributed by atoms with Crippen molar-refractivity contribution in [1.82, 2.24) is 5.32 Å². The fourth-order valence-electron chi connectivity index (χ4n) is 1.99. The Kier molecular flexibility index (Phi) is 7.74. The minimum Gasteiger partial charge on any atom is -0.494 e. The molecule has 6 nitrogen and oxygen atoms in total. The van der Waals surface area contributed by atoms with E-state index in [-0.39, 0.29) is 5.91 Å². The lowest BCUT2D eigenvalue weighted by Crippen LogP contribution is -2.44. The summed E-state index contributed by atoms with van der Waals surface area (Å²) in [6.07, 6.45) is 1.47. The molecule has 0 aromatic heterocycles. The largest absolute Gasteiger partial charge is 0.494 e. The number of benzene rings is 1. The Bertz CT molecular complexity index is 594. The van der Waals surface area contributed by atoms with Gasteiger partial charge in [0.05, 0.1) is 6.61 Å². The maximum Gasteiger partial charge on any atom is 0.408 e. The number of hydrogen-bond donors (Lipinski definition) is 2. The van der Waals surface area contributed by atoms with Gasteiger partial charge >= 0.3 is 6.09 Å². The number of carbonyl (C=O) groups excluding carboxylic acids is 2. The normalized spacial score (nSPS) is 12.2. The summed E-state index contributed by atoms with van der Waals surface area (Å²) < 4.78 is 10.8. The number of unbranched alkanes of at least 4 members (excludes halogenated alkanes) is 1. The molecule has 6 heteroatoms. The molecule has 1 aromatic carbocycles. The number of amides is 2. The summed E-state index contributed by atoms with van der Waals surface area (Å²) in [7, 11) is 0. The molecule has 0 unspecified atom stereocenters. The molecule has 140 valence electrons. The number of ether oxygens (including phenoxy) is 2. The van der Waals surface area contributed by atoms with E-state index in [1.807, 2.05) is 19.1 Å². The first-order valence-electron chi connectivity index (χ1n) is 8.66. The molecular formula is C19H30N2O4. The van der Waals surface area contributed by atoms with E-state index in [2.05, 4.69) is 17.6 Å². The topological polar surface area (TPSA) is 76.7 Å². The van der Waals surface area contributed by atoms with Crippen molar-refractivity contribution < 1.29 is 19.1 Å². The van der Waals surface area contributed by atoms with Gasteiger partial charge in [-0.2, -0.15) is 0 Å². The summed E-state index contributed by atoms with van der Waals surface area (Å²) in [4.78, 5) is 24.0. The lowest BCUT2D eigenvalue weighted by atomic mass is 10.1. The van der Waals surface area contributed by atoms with Crippen LogP contribution in [0.1, 0.15) is 53.0 Å². The lowest BCUT2D eigenvalue weighted by Gasteiger charge is -2.22. The van der Waals surface area contributed by atoms with Gasteiger partial charge in [0.15, 0.2) is 0 Å². The first kappa shape index (κ1) is 20.8. The molecule has 0 radical (unpaired) electrons. The summed E-state index contributed by atoms with van der Waals surface area (Å²) in [5.74, 6) is 0.470. The van der Waals surface area contributed by atoms with Gasteiger partial charge in [-0.05, 0) is 64.8 Å². The average Bonchev–Trinajstić information content (AvgIpc) is 2.48. The van der Waals surface area contributed by atoms with Crippen molar-refractivity contribution in [3.8, 4) is 5.75 Å². The molecule has 2 N–H and O–H groups in total. The number of anilines is 1. The second kappa shape index (κ2) is 9.30. The summed E-state index contributed by atoms with van der Waals surface area (Å²) in [5.41, 5.74) is 0.974. The van der Waals surface area contributed by atoms with Gasteiger partial charge in [-0.3, -0.25) is 4.79 Å². The van der Waals surface area contributed by atoms with E-state index < -0.39 is 17.7 Å². The second-order valence-corrected chi connectivity index (χ2v) is 7.04. The number of alkyl carbamates (subject to hydrolysis) is 1. The van der Waals surface area contributed by atoms with E-state index >= 15 is 0 Å². The molecule has 0 aliphatic heterocycles. The first-order valence-corrected chi connectivity index (χ1v) is 8.66. The molecule has 0 fully saturated rings. The van der Waals surface area contributed by atoms with Crippen molar-refractivity contribution in [2.45, 2.75) is 66.0 Å². The fourth-order valence-corrected chi connectivity index (χ4v) is 1.99. The van der Waals surface area contributed by atoms with Crippen molar-refractivity contribution in [2.75, 3.05) is 11.9 Å². The third kappa shape index (κ3) is 7.92. The molecule has 0 bridgehead atoms. The average molecular weight is 350 g/mol. The number of aryl methyl sites for hydroxylation is 1. The molecule has 0 saturated carbocycles. The number of hydrogen-bond acceptors (Lipinski definition) is 4. The van der Waals surface area contributed by atoms with E-state index in [0.29, 0.717) is 12.3 Å². The van der Waals surface area contributed by atoms with Crippen LogP contribution in [0.5, 0.6) is 5.75 Å². The second-order valence-electron chi connectivity index (χ2n) is 7.04. The highest BCUT2D eigenvalue weighted by atomic mass is 16.6. The summed E-state index contributed by atoms with van der Waals surface area (Å²) in [6.45, 7) is 11.6. The third-order valence-corrected chi connectivity index (χ3v) is 3.35. The van der Waals surface area contributed by atoms with Crippen LogP contribution in [0.2, 0.25) is 0 Å². The molecule has 0 aliphatic carbocycles. The highest BCUT2D eigenvalue weighted by molar-refractivity contribution is 5.96. The van der Waals surface area contributed by atoms with Crippen LogP contribution in [0.4, 0.5) is 10.5 Å². The third-order valence-electron chi connectivity index (χ3n) is 3.35. The van der Waals surface area contributed by atoms with Crippen LogP contribution in [0.15, 0.2) is 18.2 Å². The summed E-state index contributed by atoms with van der Waals surface area (Å²) >= 11 is 0. The monoisotopic (exact) mass is 350 g/mol. The maximum absolute atomic E-state index is 12.2. The Morgan fingerprint density at radius 3 is 2.48 bits per heavy atom. The molecule has 0 spiro atoms. The van der Waals surface area contributed by atoms with Crippen molar-refractivity contribution >= 4 is 17.7 Å². The molecule has 1 rings (SSSR count). The quantitative estimate of drug-likeness (QED) is 0.728. The Morgan fingerprint density at radius 1 is 1.24 bits per heavy atom. The number of nitrogens with one attached hydrogen (secondary N) is 2. The van der Waals surface area contributed by atoms with Gasteiger partial charge < -0.3 is 20.1 Å². The van der Waals surface area contributed by atoms with E-state index in [0.717, 1.165) is 24.2 Å². The standard InChI is InChI=1S/C19H30N2O4/c1-7-8-11-24-15-9-10-16(13(2)12-15)21-17(22)14(3)20-18(23)25-19(4,5)6/h9-10,12,14H,7-8,11H2,1-6H3,(H,20,23)(H,21,22)/t14-/m1/s1. The van der Waals surface area contributed by atoms with Crippen LogP contribution in [0, 0.1) is 6.92 Å². The molecular weight excluding hydrogens is 320 g/mol. The number of carbonyl (C=O) groups is 2. The highest BCUT2D eigenvalue weighted by Gasteiger charge is 2.21. The fraction of sp³-hybridized carbons (Fsp3) is 0.579. The van der Waals surface area contributed by atoms with Crippen LogP contribution in [-0.2, 0) is 9.53 Å². The minimum absolute atomic E-state index is 0.311. The Labute approximate surface area is 150 Å². The molecule has 0 saturated heterocycles. The van der Waals surface area contributed by atoms with Crippen molar-refractivity contribution in [3.05, 3.63) is 23.8 Å². The van der Waals surface area contributed by atoms with E-state index in [1.54, 1.807) is 33.8 Å². The van der Waals surface area contributed by atoms with Gasteiger partial charge in [0.2, 0.25) is 5.91 Å². The van der Waals surface area contributed by atoms with Gasteiger partial charge in [0, 0.05) is 5.69 Å². The Morgan fingerprint density at radius 2 is 1.92 bits per heavy atom.